The van der Waals surface area contributed by atoms with Crippen molar-refractivity contribution in [2.75, 3.05) is 0 Å². The van der Waals surface area contributed by atoms with Crippen LogP contribution in [0, 0.1) is 0 Å². The molecule has 0 rings (SSSR count). The van der Waals surface area contributed by atoms with Crippen LogP contribution in [0.5, 0.6) is 0 Å². The van der Waals surface area contributed by atoms with Crippen molar-refractivity contribution in [1.29, 1.82) is 0 Å². The first-order valence-electron chi connectivity index (χ1n) is 5.47. The molecule has 0 aliphatic rings. The predicted molar refractivity (Wildman–Crippen MR) is 61.4 cm³/mol. The average molecular weight is 216 g/mol. The number of nitrogens with two attached hydrogens (primary N) is 1. The molecule has 2 atom stereocenters. The number of aliphatic hydroxyl groups excluding tert-OH is 1. The molecule has 0 aromatic rings. The number of aliphatic hydroxyl groups is 1. The molecule has 1 amide bonds. The third-order valence-electron chi connectivity index (χ3n) is 2.10. The summed E-state index contributed by atoms with van der Waals surface area (Å²) in [7, 11) is 0. The summed E-state index contributed by atoms with van der Waals surface area (Å²) in [5.41, 5.74) is 5.47. The monoisotopic (exact) mass is 216 g/mol. The number of hydrogen-bond donors (Lipinski definition) is 3. The van der Waals surface area contributed by atoms with E-state index in [-0.39, 0.29) is 23.6 Å². The van der Waals surface area contributed by atoms with Crippen LogP contribution in [-0.4, -0.2) is 28.7 Å². The largest absolute Gasteiger partial charge is 0.393 e. The van der Waals surface area contributed by atoms with Crippen molar-refractivity contribution in [2.45, 2.75) is 64.6 Å². The second kappa shape index (κ2) is 6.08. The van der Waals surface area contributed by atoms with E-state index < -0.39 is 0 Å². The van der Waals surface area contributed by atoms with Gasteiger partial charge in [-0.1, -0.05) is 0 Å². The van der Waals surface area contributed by atoms with Gasteiger partial charge in [-0.2, -0.15) is 0 Å². The highest BCUT2D eigenvalue weighted by Crippen LogP contribution is 2.07. The Labute approximate surface area is 92.2 Å². The first kappa shape index (κ1) is 14.4. The van der Waals surface area contributed by atoms with Crippen molar-refractivity contribution >= 4 is 5.91 Å². The Kier molecular flexibility index (Phi) is 5.83. The van der Waals surface area contributed by atoms with Crippen LogP contribution in [-0.2, 0) is 4.79 Å². The van der Waals surface area contributed by atoms with E-state index in [0.29, 0.717) is 19.3 Å². The van der Waals surface area contributed by atoms with E-state index in [1.54, 1.807) is 6.92 Å². The summed E-state index contributed by atoms with van der Waals surface area (Å²) in [6, 6.07) is 0.0124. The van der Waals surface area contributed by atoms with Crippen LogP contribution in [0.15, 0.2) is 0 Å². The molecular formula is C11H24N2O2. The van der Waals surface area contributed by atoms with Crippen LogP contribution in [0.1, 0.15) is 47.0 Å². The molecular weight excluding hydrogens is 192 g/mol. The van der Waals surface area contributed by atoms with Crippen molar-refractivity contribution in [3.63, 3.8) is 0 Å². The standard InChI is InChI=1S/C11H24N2O2/c1-8(7-9(2)14)13-10(15)5-6-11(3,4)12/h8-9,14H,5-7,12H2,1-4H3,(H,13,15). The number of nitrogens with one attached hydrogen (secondary N) is 1. The molecule has 15 heavy (non-hydrogen) atoms. The molecule has 0 spiro atoms. The normalized spacial score (nSPS) is 15.9. The van der Waals surface area contributed by atoms with Gasteiger partial charge >= 0.3 is 0 Å². The molecule has 4 N–H and O–H groups in total. The van der Waals surface area contributed by atoms with Gasteiger partial charge in [0.15, 0.2) is 0 Å². The van der Waals surface area contributed by atoms with Crippen LogP contribution in [0.25, 0.3) is 0 Å². The summed E-state index contributed by atoms with van der Waals surface area (Å²) in [6.07, 6.45) is 1.30. The Bertz CT molecular complexity index is 197. The maximum atomic E-state index is 11.4. The van der Waals surface area contributed by atoms with Crippen molar-refractivity contribution in [3.05, 3.63) is 0 Å². The zero-order valence-corrected chi connectivity index (χ0v) is 10.2. The molecule has 0 heterocycles. The third-order valence-corrected chi connectivity index (χ3v) is 2.10. The van der Waals surface area contributed by atoms with Gasteiger partial charge in [-0.05, 0) is 40.5 Å². The maximum Gasteiger partial charge on any atom is 0.220 e. The molecule has 0 saturated heterocycles. The lowest BCUT2D eigenvalue weighted by Gasteiger charge is -2.19. The van der Waals surface area contributed by atoms with Gasteiger partial charge in [0.1, 0.15) is 0 Å². The van der Waals surface area contributed by atoms with Gasteiger partial charge in [-0.15, -0.1) is 0 Å². The van der Waals surface area contributed by atoms with Crippen molar-refractivity contribution in [3.8, 4) is 0 Å². The summed E-state index contributed by atoms with van der Waals surface area (Å²) in [4.78, 5) is 11.4. The SMILES string of the molecule is CC(O)CC(C)NC(=O)CCC(C)(C)N. The minimum absolute atomic E-state index is 0.00155. The molecule has 0 aromatic heterocycles. The van der Waals surface area contributed by atoms with E-state index in [4.69, 9.17) is 10.8 Å². The fourth-order valence-corrected chi connectivity index (χ4v) is 1.35. The molecule has 0 fully saturated rings. The quantitative estimate of drug-likeness (QED) is 0.614. The highest BCUT2D eigenvalue weighted by Gasteiger charge is 2.15. The molecule has 0 radical (unpaired) electrons. The van der Waals surface area contributed by atoms with E-state index in [0.717, 1.165) is 0 Å². The number of carbonyl (C=O) groups excluding carboxylic acids is 1. The van der Waals surface area contributed by atoms with Crippen LogP contribution < -0.4 is 11.1 Å². The molecule has 4 nitrogen and oxygen atoms in total. The minimum Gasteiger partial charge on any atom is -0.393 e. The lowest BCUT2D eigenvalue weighted by molar-refractivity contribution is -0.122. The van der Waals surface area contributed by atoms with Crippen LogP contribution in [0.2, 0.25) is 0 Å². The summed E-state index contributed by atoms with van der Waals surface area (Å²) in [6.45, 7) is 7.41. The lowest BCUT2D eigenvalue weighted by Crippen LogP contribution is -2.38. The van der Waals surface area contributed by atoms with E-state index in [2.05, 4.69) is 5.32 Å². The highest BCUT2D eigenvalue weighted by atomic mass is 16.3. The van der Waals surface area contributed by atoms with Gasteiger partial charge in [0, 0.05) is 18.0 Å². The fraction of sp³-hybridized carbons (Fsp3) is 0.909. The zero-order valence-electron chi connectivity index (χ0n) is 10.2. The zero-order chi connectivity index (χ0) is 12.1. The van der Waals surface area contributed by atoms with Gasteiger partial charge in [-0.25, -0.2) is 0 Å². The van der Waals surface area contributed by atoms with Crippen molar-refractivity contribution in [1.82, 2.24) is 5.32 Å². The molecule has 0 aliphatic heterocycles. The van der Waals surface area contributed by atoms with Gasteiger partial charge in [0.25, 0.3) is 0 Å². The Balaban J connectivity index is 3.74. The second-order valence-corrected chi connectivity index (χ2v) is 5.04. The predicted octanol–water partition coefficient (Wildman–Crippen LogP) is 0.779. The molecule has 0 aliphatic carbocycles. The second-order valence-electron chi connectivity index (χ2n) is 5.04. The summed E-state index contributed by atoms with van der Waals surface area (Å²) in [5, 5.41) is 12.0. The van der Waals surface area contributed by atoms with Gasteiger partial charge in [0.05, 0.1) is 6.10 Å². The number of carbonyl (C=O) groups is 1. The van der Waals surface area contributed by atoms with E-state index in [9.17, 15) is 4.79 Å². The Morgan fingerprint density at radius 3 is 2.40 bits per heavy atom. The lowest BCUT2D eigenvalue weighted by atomic mass is 10.00. The van der Waals surface area contributed by atoms with Gasteiger partial charge < -0.3 is 16.2 Å². The van der Waals surface area contributed by atoms with Crippen molar-refractivity contribution < 1.29 is 9.90 Å². The van der Waals surface area contributed by atoms with E-state index >= 15 is 0 Å². The topological polar surface area (TPSA) is 75.3 Å². The van der Waals surface area contributed by atoms with E-state index in [1.807, 2.05) is 20.8 Å². The third kappa shape index (κ3) is 9.69. The van der Waals surface area contributed by atoms with Crippen LogP contribution in [0.3, 0.4) is 0 Å². The minimum atomic E-state index is -0.383. The van der Waals surface area contributed by atoms with Gasteiger partial charge in [0.2, 0.25) is 5.91 Å². The fourth-order valence-electron chi connectivity index (χ4n) is 1.35. The maximum absolute atomic E-state index is 11.4. The average Bonchev–Trinajstić information content (AvgIpc) is 1.97. The summed E-state index contributed by atoms with van der Waals surface area (Å²) in [5.74, 6) is 0.00155. The Hall–Kier alpha value is -0.610. The molecule has 0 bridgehead atoms. The summed E-state index contributed by atoms with van der Waals surface area (Å²) < 4.78 is 0. The first-order valence-corrected chi connectivity index (χ1v) is 5.47. The molecule has 2 unspecified atom stereocenters. The molecule has 0 aromatic carbocycles. The van der Waals surface area contributed by atoms with Crippen LogP contribution in [0.4, 0.5) is 0 Å². The van der Waals surface area contributed by atoms with E-state index in [1.165, 1.54) is 0 Å². The van der Waals surface area contributed by atoms with Gasteiger partial charge in [-0.3, -0.25) is 4.79 Å². The summed E-state index contributed by atoms with van der Waals surface area (Å²) >= 11 is 0. The highest BCUT2D eigenvalue weighted by molar-refractivity contribution is 5.76. The Morgan fingerprint density at radius 2 is 2.00 bits per heavy atom. The number of rotatable bonds is 6. The number of hydrogen-bond acceptors (Lipinski definition) is 3. The Morgan fingerprint density at radius 1 is 1.47 bits per heavy atom. The molecule has 4 heteroatoms. The molecule has 0 saturated carbocycles. The van der Waals surface area contributed by atoms with Crippen molar-refractivity contribution in [2.24, 2.45) is 5.73 Å². The number of amides is 1. The first-order chi connectivity index (χ1) is 6.70. The molecule has 90 valence electrons. The smallest absolute Gasteiger partial charge is 0.220 e. The van der Waals surface area contributed by atoms with Crippen LogP contribution >= 0.6 is 0 Å².